The number of aromatic nitrogens is 4. The lowest BCUT2D eigenvalue weighted by atomic mass is 10.0. The van der Waals surface area contributed by atoms with Gasteiger partial charge in [-0.1, -0.05) is 12.1 Å². The van der Waals surface area contributed by atoms with Gasteiger partial charge in [0.1, 0.15) is 11.9 Å². The van der Waals surface area contributed by atoms with Gasteiger partial charge in [0.25, 0.3) is 0 Å². The molecule has 5 rings (SSSR count). The number of pyridine rings is 1. The van der Waals surface area contributed by atoms with Crippen LogP contribution < -0.4 is 4.90 Å². The lowest BCUT2D eigenvalue weighted by Gasteiger charge is -2.22. The molecule has 3 aromatic heterocycles. The maximum atomic E-state index is 9.68. The second kappa shape index (κ2) is 6.38. The van der Waals surface area contributed by atoms with Crippen molar-refractivity contribution in [2.75, 3.05) is 18.0 Å². The van der Waals surface area contributed by atoms with Gasteiger partial charge in [0.05, 0.1) is 22.8 Å². The lowest BCUT2D eigenvalue weighted by Crippen LogP contribution is -2.23. The van der Waals surface area contributed by atoms with Gasteiger partial charge in [-0.15, -0.1) is 0 Å². The zero-order valence-electron chi connectivity index (χ0n) is 16.1. The third-order valence-corrected chi connectivity index (χ3v) is 5.76. The molecule has 1 aliphatic rings. The van der Waals surface area contributed by atoms with E-state index in [2.05, 4.69) is 38.8 Å². The number of para-hydroxylation sites is 2. The van der Waals surface area contributed by atoms with Crippen LogP contribution >= 0.6 is 0 Å². The fourth-order valence-corrected chi connectivity index (χ4v) is 4.42. The topological polar surface area (TPSA) is 62.1 Å². The molecule has 1 aliphatic heterocycles. The minimum Gasteiger partial charge on any atom is -0.357 e. The Kier molecular flexibility index (Phi) is 3.83. The molecule has 1 aromatic carbocycles. The summed E-state index contributed by atoms with van der Waals surface area (Å²) in [5.41, 5.74) is 5.68. The highest BCUT2D eigenvalue weighted by atomic mass is 15.3. The number of fused-ring (bicyclic) bond motifs is 3. The number of hydrogen-bond donors (Lipinski definition) is 0. The summed E-state index contributed by atoms with van der Waals surface area (Å²) in [6.07, 6.45) is 6.28. The van der Waals surface area contributed by atoms with Crippen molar-refractivity contribution in [2.24, 2.45) is 13.0 Å². The number of aryl methyl sites for hydroxylation is 2. The highest BCUT2D eigenvalue weighted by Crippen LogP contribution is 2.32. The highest BCUT2D eigenvalue weighted by Gasteiger charge is 2.26. The summed E-state index contributed by atoms with van der Waals surface area (Å²) in [6, 6.07) is 12.6. The second-order valence-electron chi connectivity index (χ2n) is 7.76. The average molecular weight is 370 g/mol. The minimum absolute atomic E-state index is 0.602. The average Bonchev–Trinajstić information content (AvgIpc) is 3.40. The van der Waals surface area contributed by atoms with Gasteiger partial charge in [0.15, 0.2) is 5.65 Å². The van der Waals surface area contributed by atoms with Gasteiger partial charge in [-0.3, -0.25) is 9.08 Å². The summed E-state index contributed by atoms with van der Waals surface area (Å²) in [5.74, 6) is 1.74. The molecule has 0 bridgehead atoms. The van der Waals surface area contributed by atoms with Crippen molar-refractivity contribution in [1.82, 2.24) is 19.2 Å². The zero-order valence-corrected chi connectivity index (χ0v) is 16.1. The van der Waals surface area contributed by atoms with Crippen LogP contribution in [0.3, 0.4) is 0 Å². The van der Waals surface area contributed by atoms with Gasteiger partial charge < -0.3 is 4.90 Å². The van der Waals surface area contributed by atoms with Crippen molar-refractivity contribution in [3.63, 3.8) is 0 Å². The van der Waals surface area contributed by atoms with Crippen LogP contribution in [0, 0.1) is 24.2 Å². The Morgan fingerprint density at radius 2 is 2.14 bits per heavy atom. The number of hydrogen-bond acceptors (Lipinski definition) is 4. The molecule has 140 valence electrons. The predicted molar refractivity (Wildman–Crippen MR) is 109 cm³/mol. The number of benzene rings is 1. The van der Waals surface area contributed by atoms with Crippen molar-refractivity contribution in [3.8, 4) is 6.07 Å². The second-order valence-corrected chi connectivity index (χ2v) is 7.76. The normalized spacial score (nSPS) is 16.9. The number of nitriles is 1. The summed E-state index contributed by atoms with van der Waals surface area (Å²) in [6.45, 7) is 4.02. The number of nitrogens with zero attached hydrogens (tertiary/aromatic N) is 6. The molecule has 28 heavy (non-hydrogen) atoms. The Morgan fingerprint density at radius 1 is 1.29 bits per heavy atom. The van der Waals surface area contributed by atoms with Gasteiger partial charge in [0, 0.05) is 26.3 Å². The Balaban J connectivity index is 1.56. The summed E-state index contributed by atoms with van der Waals surface area (Å²) in [5, 5.41) is 14.0. The maximum Gasteiger partial charge on any atom is 0.157 e. The third kappa shape index (κ3) is 2.63. The number of anilines is 1. The van der Waals surface area contributed by atoms with E-state index in [0.717, 1.165) is 54.0 Å². The van der Waals surface area contributed by atoms with E-state index in [1.165, 1.54) is 5.56 Å². The van der Waals surface area contributed by atoms with Crippen LogP contribution in [0.1, 0.15) is 23.1 Å². The third-order valence-electron chi connectivity index (χ3n) is 5.76. The maximum absolute atomic E-state index is 9.68. The molecule has 1 fully saturated rings. The van der Waals surface area contributed by atoms with Crippen LogP contribution in [-0.4, -0.2) is 32.3 Å². The molecular formula is C22H22N6. The molecule has 0 N–H and O–H groups in total. The Hall–Kier alpha value is -3.33. The summed E-state index contributed by atoms with van der Waals surface area (Å²) >= 11 is 0. The van der Waals surface area contributed by atoms with Crippen LogP contribution in [0.15, 0.2) is 42.7 Å². The standard InChI is InChI=1S/C22H22N6/c1-15-9-21(27-8-7-16(14-27)10-17-12-24-26(2)13-17)28-20-6-4-3-5-19(20)25-22(28)18(15)11-23/h3-6,9,12-13,16H,7-8,10,14H2,1-2H3. The van der Waals surface area contributed by atoms with Gasteiger partial charge in [-0.25, -0.2) is 4.98 Å². The van der Waals surface area contributed by atoms with Crippen LogP contribution in [0.5, 0.6) is 0 Å². The molecule has 1 saturated heterocycles. The van der Waals surface area contributed by atoms with Crippen molar-refractivity contribution >= 4 is 22.5 Å². The smallest absolute Gasteiger partial charge is 0.157 e. The molecule has 6 heteroatoms. The van der Waals surface area contributed by atoms with Crippen LogP contribution in [-0.2, 0) is 13.5 Å². The Morgan fingerprint density at radius 3 is 2.93 bits per heavy atom. The van der Waals surface area contributed by atoms with E-state index in [1.54, 1.807) is 0 Å². The largest absolute Gasteiger partial charge is 0.357 e. The molecule has 1 unspecified atom stereocenters. The number of rotatable bonds is 3. The SMILES string of the molecule is Cc1cc(N2CCC(Cc3cnn(C)c3)C2)n2c(nc3ccccc32)c1C#N. The first-order valence-electron chi connectivity index (χ1n) is 9.67. The first-order valence-corrected chi connectivity index (χ1v) is 9.67. The van der Waals surface area contributed by atoms with Crippen LogP contribution in [0.25, 0.3) is 16.7 Å². The molecule has 0 aliphatic carbocycles. The van der Waals surface area contributed by atoms with E-state index < -0.39 is 0 Å². The fourth-order valence-electron chi connectivity index (χ4n) is 4.42. The van der Waals surface area contributed by atoms with Crippen molar-refractivity contribution < 1.29 is 0 Å². The van der Waals surface area contributed by atoms with E-state index in [-0.39, 0.29) is 0 Å². The van der Waals surface area contributed by atoms with E-state index in [4.69, 9.17) is 4.98 Å². The molecule has 1 atom stereocenters. The van der Waals surface area contributed by atoms with E-state index in [0.29, 0.717) is 11.5 Å². The molecule has 0 radical (unpaired) electrons. The van der Waals surface area contributed by atoms with E-state index in [9.17, 15) is 5.26 Å². The monoisotopic (exact) mass is 370 g/mol. The summed E-state index contributed by atoms with van der Waals surface area (Å²) < 4.78 is 4.03. The van der Waals surface area contributed by atoms with E-state index >= 15 is 0 Å². The predicted octanol–water partition coefficient (Wildman–Crippen LogP) is 3.47. The van der Waals surface area contributed by atoms with Crippen LogP contribution in [0.4, 0.5) is 5.82 Å². The lowest BCUT2D eigenvalue weighted by molar-refractivity contribution is 0.585. The number of imidazole rings is 1. The van der Waals surface area contributed by atoms with Gasteiger partial charge in [0.2, 0.25) is 0 Å². The molecule has 6 nitrogen and oxygen atoms in total. The van der Waals surface area contributed by atoms with Crippen LogP contribution in [0.2, 0.25) is 0 Å². The summed E-state index contributed by atoms with van der Waals surface area (Å²) in [4.78, 5) is 7.21. The first kappa shape index (κ1) is 16.8. The van der Waals surface area contributed by atoms with Gasteiger partial charge >= 0.3 is 0 Å². The van der Waals surface area contributed by atoms with E-state index in [1.807, 2.05) is 43.0 Å². The highest BCUT2D eigenvalue weighted by molar-refractivity contribution is 5.85. The zero-order chi connectivity index (χ0) is 19.3. The molecule has 0 saturated carbocycles. The fraction of sp³-hybridized carbons (Fsp3) is 0.318. The first-order chi connectivity index (χ1) is 13.6. The van der Waals surface area contributed by atoms with Gasteiger partial charge in [-0.05, 0) is 55.0 Å². The molecule has 4 heterocycles. The van der Waals surface area contributed by atoms with Gasteiger partial charge in [-0.2, -0.15) is 10.4 Å². The Bertz CT molecular complexity index is 1230. The van der Waals surface area contributed by atoms with Crippen molar-refractivity contribution in [3.05, 3.63) is 59.4 Å². The Labute approximate surface area is 163 Å². The molecule has 4 aromatic rings. The van der Waals surface area contributed by atoms with Crippen molar-refractivity contribution in [2.45, 2.75) is 19.8 Å². The molecule has 0 spiro atoms. The summed E-state index contributed by atoms with van der Waals surface area (Å²) in [7, 11) is 1.96. The minimum atomic E-state index is 0.602. The molecular weight excluding hydrogens is 348 g/mol. The quantitative estimate of drug-likeness (QED) is 0.554. The molecule has 0 amide bonds. The van der Waals surface area contributed by atoms with Crippen molar-refractivity contribution in [1.29, 1.82) is 5.26 Å².